The average Bonchev–Trinajstić information content (AvgIpc) is 2.25. The molecule has 0 bridgehead atoms. The number of nitrogens with one attached hydrogen (secondary N) is 1. The molecule has 100 valence electrons. The maximum absolute atomic E-state index is 11.9. The summed E-state index contributed by atoms with van der Waals surface area (Å²) in [7, 11) is 0. The Bertz CT molecular complexity index is 416. The Balaban J connectivity index is 2.59. The Morgan fingerprint density at radius 3 is 2.61 bits per heavy atom. The molecule has 18 heavy (non-hydrogen) atoms. The van der Waals surface area contributed by atoms with Gasteiger partial charge >= 0.3 is 0 Å². The molecule has 1 amide bonds. The lowest BCUT2D eigenvalue weighted by atomic mass is 9.94. The van der Waals surface area contributed by atoms with E-state index in [4.69, 9.17) is 11.6 Å². The SMILES string of the molecule is CC(C)CC(C)(O)CNC(=O)c1ccccc1Cl. The number of aliphatic hydroxyl groups is 1. The van der Waals surface area contributed by atoms with E-state index in [1.54, 1.807) is 31.2 Å². The van der Waals surface area contributed by atoms with Gasteiger partial charge in [-0.3, -0.25) is 4.79 Å². The van der Waals surface area contributed by atoms with Crippen molar-refractivity contribution in [3.63, 3.8) is 0 Å². The lowest BCUT2D eigenvalue weighted by Crippen LogP contribution is -2.41. The molecule has 3 nitrogen and oxygen atoms in total. The van der Waals surface area contributed by atoms with Gasteiger partial charge in [0.25, 0.3) is 5.91 Å². The molecule has 1 rings (SSSR count). The van der Waals surface area contributed by atoms with Crippen molar-refractivity contribution in [3.05, 3.63) is 34.9 Å². The number of carbonyl (C=O) groups excluding carboxylic acids is 1. The van der Waals surface area contributed by atoms with Crippen LogP contribution in [0.5, 0.6) is 0 Å². The molecular formula is C14H20ClNO2. The van der Waals surface area contributed by atoms with Gasteiger partial charge in [0.05, 0.1) is 16.2 Å². The van der Waals surface area contributed by atoms with E-state index in [0.717, 1.165) is 0 Å². The molecule has 4 heteroatoms. The fourth-order valence-corrected chi connectivity index (χ4v) is 2.18. The molecule has 1 atom stereocenters. The van der Waals surface area contributed by atoms with Gasteiger partial charge in [0, 0.05) is 6.54 Å². The van der Waals surface area contributed by atoms with Crippen LogP contribution in [-0.2, 0) is 0 Å². The van der Waals surface area contributed by atoms with Gasteiger partial charge in [0.2, 0.25) is 0 Å². The number of carbonyl (C=O) groups is 1. The van der Waals surface area contributed by atoms with Gasteiger partial charge in [-0.2, -0.15) is 0 Å². The van der Waals surface area contributed by atoms with Crippen LogP contribution in [-0.4, -0.2) is 23.2 Å². The summed E-state index contributed by atoms with van der Waals surface area (Å²) in [5, 5.41) is 13.2. The van der Waals surface area contributed by atoms with Crippen molar-refractivity contribution in [2.24, 2.45) is 5.92 Å². The molecule has 0 aliphatic carbocycles. The minimum Gasteiger partial charge on any atom is -0.388 e. The molecule has 1 aromatic rings. The number of hydrogen-bond donors (Lipinski definition) is 2. The Morgan fingerprint density at radius 1 is 1.44 bits per heavy atom. The summed E-state index contributed by atoms with van der Waals surface area (Å²) in [5.41, 5.74) is -0.468. The Hall–Kier alpha value is -1.06. The maximum atomic E-state index is 11.9. The average molecular weight is 270 g/mol. The third-order valence-electron chi connectivity index (χ3n) is 2.60. The van der Waals surface area contributed by atoms with Crippen molar-refractivity contribution in [1.82, 2.24) is 5.32 Å². The van der Waals surface area contributed by atoms with Crippen LogP contribution in [0.2, 0.25) is 5.02 Å². The first kappa shape index (κ1) is 15.0. The zero-order chi connectivity index (χ0) is 13.8. The van der Waals surface area contributed by atoms with Crippen molar-refractivity contribution in [3.8, 4) is 0 Å². The van der Waals surface area contributed by atoms with Crippen LogP contribution >= 0.6 is 11.6 Å². The predicted molar refractivity (Wildman–Crippen MR) is 73.9 cm³/mol. The molecule has 0 aliphatic rings. The van der Waals surface area contributed by atoms with Crippen molar-refractivity contribution in [2.75, 3.05) is 6.54 Å². The number of amides is 1. The van der Waals surface area contributed by atoms with E-state index in [0.29, 0.717) is 22.9 Å². The molecule has 0 fully saturated rings. The first-order chi connectivity index (χ1) is 8.32. The van der Waals surface area contributed by atoms with E-state index in [-0.39, 0.29) is 12.5 Å². The van der Waals surface area contributed by atoms with Crippen LogP contribution < -0.4 is 5.32 Å². The van der Waals surface area contributed by atoms with E-state index >= 15 is 0 Å². The molecular weight excluding hydrogens is 250 g/mol. The van der Waals surface area contributed by atoms with E-state index in [9.17, 15) is 9.90 Å². The van der Waals surface area contributed by atoms with Crippen LogP contribution in [0.4, 0.5) is 0 Å². The van der Waals surface area contributed by atoms with Gasteiger partial charge in [-0.1, -0.05) is 37.6 Å². The highest BCUT2D eigenvalue weighted by atomic mass is 35.5. The first-order valence-corrected chi connectivity index (χ1v) is 6.45. The molecule has 1 unspecified atom stereocenters. The quantitative estimate of drug-likeness (QED) is 0.864. The van der Waals surface area contributed by atoms with Crippen LogP contribution in [0.1, 0.15) is 37.6 Å². The van der Waals surface area contributed by atoms with Crippen molar-refractivity contribution in [2.45, 2.75) is 32.8 Å². The number of halogens is 1. The summed E-state index contributed by atoms with van der Waals surface area (Å²) >= 11 is 5.93. The molecule has 0 saturated carbocycles. The molecule has 0 spiro atoms. The second-order valence-electron chi connectivity index (χ2n) is 5.26. The summed E-state index contributed by atoms with van der Waals surface area (Å²) in [4.78, 5) is 11.9. The summed E-state index contributed by atoms with van der Waals surface area (Å²) in [6.07, 6.45) is 0.635. The first-order valence-electron chi connectivity index (χ1n) is 6.07. The van der Waals surface area contributed by atoms with Crippen LogP contribution in [0.25, 0.3) is 0 Å². The van der Waals surface area contributed by atoms with E-state index < -0.39 is 5.60 Å². The number of benzene rings is 1. The zero-order valence-electron chi connectivity index (χ0n) is 11.0. The molecule has 0 saturated heterocycles. The topological polar surface area (TPSA) is 49.3 Å². The number of rotatable bonds is 5. The van der Waals surface area contributed by atoms with Crippen molar-refractivity contribution < 1.29 is 9.90 Å². The third kappa shape index (κ3) is 4.67. The van der Waals surface area contributed by atoms with Gasteiger partial charge < -0.3 is 10.4 Å². The summed E-state index contributed by atoms with van der Waals surface area (Å²) in [5.74, 6) is 0.113. The summed E-state index contributed by atoms with van der Waals surface area (Å²) < 4.78 is 0. The van der Waals surface area contributed by atoms with Gasteiger partial charge in [0.15, 0.2) is 0 Å². The smallest absolute Gasteiger partial charge is 0.252 e. The maximum Gasteiger partial charge on any atom is 0.252 e. The van der Waals surface area contributed by atoms with Gasteiger partial charge in [0.1, 0.15) is 0 Å². The standard InChI is InChI=1S/C14H20ClNO2/c1-10(2)8-14(3,18)9-16-13(17)11-6-4-5-7-12(11)15/h4-7,10,18H,8-9H2,1-3H3,(H,16,17). The minimum atomic E-state index is -0.898. The third-order valence-corrected chi connectivity index (χ3v) is 2.93. The van der Waals surface area contributed by atoms with Crippen LogP contribution in [0, 0.1) is 5.92 Å². The second kappa shape index (κ2) is 6.21. The highest BCUT2D eigenvalue weighted by Crippen LogP contribution is 2.17. The van der Waals surface area contributed by atoms with E-state index in [1.807, 2.05) is 13.8 Å². The predicted octanol–water partition coefficient (Wildman–Crippen LogP) is 2.87. The van der Waals surface area contributed by atoms with Gasteiger partial charge in [-0.25, -0.2) is 0 Å². The fraction of sp³-hybridized carbons (Fsp3) is 0.500. The van der Waals surface area contributed by atoms with Gasteiger partial charge in [-0.15, -0.1) is 0 Å². The van der Waals surface area contributed by atoms with E-state index in [2.05, 4.69) is 5.32 Å². The van der Waals surface area contributed by atoms with Crippen LogP contribution in [0.3, 0.4) is 0 Å². The molecule has 2 N–H and O–H groups in total. The molecule has 1 aromatic carbocycles. The summed E-state index contributed by atoms with van der Waals surface area (Å²) in [6.45, 7) is 6.00. The minimum absolute atomic E-state index is 0.217. The lowest BCUT2D eigenvalue weighted by molar-refractivity contribution is 0.0368. The fourth-order valence-electron chi connectivity index (χ4n) is 1.96. The lowest BCUT2D eigenvalue weighted by Gasteiger charge is -2.25. The summed E-state index contributed by atoms with van der Waals surface area (Å²) in [6, 6.07) is 6.86. The van der Waals surface area contributed by atoms with Crippen LogP contribution in [0.15, 0.2) is 24.3 Å². The zero-order valence-corrected chi connectivity index (χ0v) is 11.8. The Morgan fingerprint density at radius 2 is 2.06 bits per heavy atom. The molecule has 0 heterocycles. The van der Waals surface area contributed by atoms with Crippen molar-refractivity contribution in [1.29, 1.82) is 0 Å². The Labute approximate surface area is 113 Å². The Kier molecular flexibility index (Phi) is 5.17. The van der Waals surface area contributed by atoms with Crippen molar-refractivity contribution >= 4 is 17.5 Å². The largest absolute Gasteiger partial charge is 0.388 e. The monoisotopic (exact) mass is 269 g/mol. The van der Waals surface area contributed by atoms with Gasteiger partial charge in [-0.05, 0) is 31.4 Å². The second-order valence-corrected chi connectivity index (χ2v) is 5.66. The van der Waals surface area contributed by atoms with E-state index in [1.165, 1.54) is 0 Å². The normalized spacial score (nSPS) is 14.3. The number of hydrogen-bond acceptors (Lipinski definition) is 2. The molecule has 0 aromatic heterocycles. The molecule has 0 aliphatic heterocycles. The highest BCUT2D eigenvalue weighted by molar-refractivity contribution is 6.33. The molecule has 0 radical (unpaired) electrons. The highest BCUT2D eigenvalue weighted by Gasteiger charge is 2.23.